The van der Waals surface area contributed by atoms with Gasteiger partial charge in [0.1, 0.15) is 17.4 Å². The summed E-state index contributed by atoms with van der Waals surface area (Å²) in [5.74, 6) is -0.241. The summed E-state index contributed by atoms with van der Waals surface area (Å²) in [4.78, 5) is 0. The van der Waals surface area contributed by atoms with E-state index in [9.17, 15) is 8.78 Å². The molecule has 0 saturated heterocycles. The van der Waals surface area contributed by atoms with Gasteiger partial charge in [-0.3, -0.25) is 0 Å². The first-order valence-corrected chi connectivity index (χ1v) is 6.46. The number of methoxy groups -OCH3 is 1. The second-order valence-corrected chi connectivity index (χ2v) is 4.55. The Morgan fingerprint density at radius 1 is 0.950 bits per heavy atom. The van der Waals surface area contributed by atoms with Gasteiger partial charge in [-0.1, -0.05) is 12.1 Å². The molecule has 0 aliphatic rings. The molecule has 0 heterocycles. The summed E-state index contributed by atoms with van der Waals surface area (Å²) in [7, 11) is 1.63. The maximum absolute atomic E-state index is 13.0. The molecule has 0 unspecified atom stereocenters. The molecule has 0 saturated carbocycles. The first-order valence-electron chi connectivity index (χ1n) is 6.46. The minimum absolute atomic E-state index is 0.532. The van der Waals surface area contributed by atoms with Crippen molar-refractivity contribution in [3.8, 4) is 5.75 Å². The van der Waals surface area contributed by atoms with E-state index in [1.807, 2.05) is 24.3 Å². The van der Waals surface area contributed by atoms with Crippen molar-refractivity contribution in [1.29, 1.82) is 0 Å². The molecule has 2 aromatic carbocycles. The number of ether oxygens (including phenoxy) is 1. The van der Waals surface area contributed by atoms with E-state index in [0.29, 0.717) is 25.1 Å². The largest absolute Gasteiger partial charge is 0.497 e. The highest BCUT2D eigenvalue weighted by Gasteiger charge is 2.00. The third-order valence-electron chi connectivity index (χ3n) is 3.00. The molecule has 4 heteroatoms. The SMILES string of the molecule is COc1ccc(CNCCc2cc(F)cc(F)c2)cc1. The molecule has 0 aliphatic carbocycles. The summed E-state index contributed by atoms with van der Waals surface area (Å²) in [6.45, 7) is 1.37. The molecular formula is C16H17F2NO. The Hall–Kier alpha value is -1.94. The van der Waals surface area contributed by atoms with Gasteiger partial charge in [-0.2, -0.15) is 0 Å². The minimum Gasteiger partial charge on any atom is -0.497 e. The highest BCUT2D eigenvalue weighted by molar-refractivity contribution is 5.27. The lowest BCUT2D eigenvalue weighted by Crippen LogP contribution is -2.16. The summed E-state index contributed by atoms with van der Waals surface area (Å²) in [5, 5.41) is 3.24. The zero-order valence-electron chi connectivity index (χ0n) is 11.3. The fourth-order valence-corrected chi connectivity index (χ4v) is 1.96. The molecule has 1 N–H and O–H groups in total. The molecule has 0 fully saturated rings. The Labute approximate surface area is 117 Å². The molecular weight excluding hydrogens is 260 g/mol. The highest BCUT2D eigenvalue weighted by Crippen LogP contribution is 2.11. The van der Waals surface area contributed by atoms with E-state index in [1.54, 1.807) is 7.11 Å². The van der Waals surface area contributed by atoms with Gasteiger partial charge < -0.3 is 10.1 Å². The van der Waals surface area contributed by atoms with Crippen LogP contribution in [0.1, 0.15) is 11.1 Å². The van der Waals surface area contributed by atoms with Crippen LogP contribution in [0.2, 0.25) is 0 Å². The van der Waals surface area contributed by atoms with Crippen LogP contribution in [-0.2, 0) is 13.0 Å². The van der Waals surface area contributed by atoms with Gasteiger partial charge in [-0.15, -0.1) is 0 Å². The number of benzene rings is 2. The van der Waals surface area contributed by atoms with Crippen LogP contribution >= 0.6 is 0 Å². The van der Waals surface area contributed by atoms with Crippen molar-refractivity contribution in [1.82, 2.24) is 5.32 Å². The van der Waals surface area contributed by atoms with E-state index in [1.165, 1.54) is 12.1 Å². The smallest absolute Gasteiger partial charge is 0.126 e. The van der Waals surface area contributed by atoms with Crippen molar-refractivity contribution in [2.75, 3.05) is 13.7 Å². The standard InChI is InChI=1S/C16H17F2NO/c1-20-16-4-2-12(3-5-16)11-19-7-6-13-8-14(17)10-15(18)9-13/h2-5,8-10,19H,6-7,11H2,1H3. The predicted octanol–water partition coefficient (Wildman–Crippen LogP) is 3.31. The summed E-state index contributed by atoms with van der Waals surface area (Å²) < 4.78 is 31.1. The molecule has 106 valence electrons. The Balaban J connectivity index is 1.78. The minimum atomic E-state index is -0.532. The van der Waals surface area contributed by atoms with Gasteiger partial charge in [0, 0.05) is 12.6 Å². The van der Waals surface area contributed by atoms with Gasteiger partial charge in [0.25, 0.3) is 0 Å². The Bertz CT molecular complexity index is 535. The van der Waals surface area contributed by atoms with Crippen LogP contribution in [0.15, 0.2) is 42.5 Å². The number of hydrogen-bond acceptors (Lipinski definition) is 2. The van der Waals surface area contributed by atoms with Gasteiger partial charge in [-0.25, -0.2) is 8.78 Å². The molecule has 20 heavy (non-hydrogen) atoms. The second-order valence-electron chi connectivity index (χ2n) is 4.55. The topological polar surface area (TPSA) is 21.3 Å². The first-order chi connectivity index (χ1) is 9.67. The lowest BCUT2D eigenvalue weighted by Gasteiger charge is -2.06. The normalized spacial score (nSPS) is 10.6. The third kappa shape index (κ3) is 4.31. The van der Waals surface area contributed by atoms with Gasteiger partial charge in [0.2, 0.25) is 0 Å². The Morgan fingerprint density at radius 3 is 2.20 bits per heavy atom. The number of nitrogens with one attached hydrogen (secondary N) is 1. The van der Waals surface area contributed by atoms with Gasteiger partial charge >= 0.3 is 0 Å². The average Bonchev–Trinajstić information content (AvgIpc) is 2.43. The number of halogens is 2. The van der Waals surface area contributed by atoms with E-state index in [-0.39, 0.29) is 0 Å². The molecule has 2 aromatic rings. The van der Waals surface area contributed by atoms with Crippen molar-refractivity contribution in [3.63, 3.8) is 0 Å². The van der Waals surface area contributed by atoms with Crippen molar-refractivity contribution >= 4 is 0 Å². The van der Waals surface area contributed by atoms with Crippen LogP contribution in [0.3, 0.4) is 0 Å². The second kappa shape index (κ2) is 7.01. The molecule has 0 spiro atoms. The van der Waals surface area contributed by atoms with Gasteiger partial charge in [0.05, 0.1) is 7.11 Å². The summed E-state index contributed by atoms with van der Waals surface area (Å²) >= 11 is 0. The summed E-state index contributed by atoms with van der Waals surface area (Å²) in [5.41, 5.74) is 1.79. The molecule has 2 rings (SSSR count). The molecule has 0 aromatic heterocycles. The molecule has 0 radical (unpaired) electrons. The average molecular weight is 277 g/mol. The van der Waals surface area contributed by atoms with Crippen LogP contribution in [0.25, 0.3) is 0 Å². The molecule has 0 atom stereocenters. The van der Waals surface area contributed by atoms with Crippen LogP contribution in [0, 0.1) is 11.6 Å². The third-order valence-corrected chi connectivity index (χ3v) is 3.00. The summed E-state index contributed by atoms with van der Waals surface area (Å²) in [6, 6.07) is 11.4. The zero-order chi connectivity index (χ0) is 14.4. The van der Waals surface area contributed by atoms with Crippen molar-refractivity contribution < 1.29 is 13.5 Å². The maximum atomic E-state index is 13.0. The fraction of sp³-hybridized carbons (Fsp3) is 0.250. The zero-order valence-corrected chi connectivity index (χ0v) is 11.3. The first kappa shape index (κ1) is 14.5. The maximum Gasteiger partial charge on any atom is 0.126 e. The van der Waals surface area contributed by atoms with E-state index in [4.69, 9.17) is 4.74 Å². The van der Waals surface area contributed by atoms with E-state index >= 15 is 0 Å². The van der Waals surface area contributed by atoms with Crippen LogP contribution in [0.4, 0.5) is 8.78 Å². The number of hydrogen-bond donors (Lipinski definition) is 1. The molecule has 0 amide bonds. The molecule has 0 aliphatic heterocycles. The molecule has 0 bridgehead atoms. The lowest BCUT2D eigenvalue weighted by molar-refractivity contribution is 0.414. The lowest BCUT2D eigenvalue weighted by atomic mass is 10.1. The van der Waals surface area contributed by atoms with E-state index in [2.05, 4.69) is 5.32 Å². The van der Waals surface area contributed by atoms with Crippen molar-refractivity contribution in [3.05, 3.63) is 65.2 Å². The van der Waals surface area contributed by atoms with Crippen molar-refractivity contribution in [2.45, 2.75) is 13.0 Å². The van der Waals surface area contributed by atoms with Gasteiger partial charge in [0.15, 0.2) is 0 Å². The molecule has 2 nitrogen and oxygen atoms in total. The van der Waals surface area contributed by atoms with Crippen LogP contribution in [-0.4, -0.2) is 13.7 Å². The quantitative estimate of drug-likeness (QED) is 0.818. The Kier molecular flexibility index (Phi) is 5.07. The number of rotatable bonds is 6. The van der Waals surface area contributed by atoms with E-state index < -0.39 is 11.6 Å². The highest BCUT2D eigenvalue weighted by atomic mass is 19.1. The van der Waals surface area contributed by atoms with Crippen molar-refractivity contribution in [2.24, 2.45) is 0 Å². The van der Waals surface area contributed by atoms with E-state index in [0.717, 1.165) is 17.4 Å². The fourth-order valence-electron chi connectivity index (χ4n) is 1.96. The summed E-state index contributed by atoms with van der Waals surface area (Å²) in [6.07, 6.45) is 0.588. The van der Waals surface area contributed by atoms with Gasteiger partial charge in [-0.05, 0) is 48.4 Å². The Morgan fingerprint density at radius 2 is 1.60 bits per heavy atom. The van der Waals surface area contributed by atoms with Crippen LogP contribution in [0.5, 0.6) is 5.75 Å². The predicted molar refractivity (Wildman–Crippen MR) is 74.8 cm³/mol. The monoisotopic (exact) mass is 277 g/mol. The van der Waals surface area contributed by atoms with Crippen LogP contribution < -0.4 is 10.1 Å².